The van der Waals surface area contributed by atoms with Crippen LogP contribution in [-0.4, -0.2) is 91.5 Å². The van der Waals surface area contributed by atoms with Crippen LogP contribution in [0.5, 0.6) is 0 Å². The van der Waals surface area contributed by atoms with Crippen LogP contribution in [0, 0.1) is 51.2 Å². The molecular weight excluding hydrogens is 611 g/mol. The van der Waals surface area contributed by atoms with E-state index in [9.17, 15) is 23.1 Å². The standard InChI is InChI=1S/C38H63N3O5S/c1-26(2)27-11-14-38(25-39-18-8-19-40-21-23-47(45,46)24-22-40)16-15-36(6)28(31(27)38)9-10-30-35(5)17-20-41(32(42)33(43)44)34(3,4)29(35)12-13-37(30,36)7/h27-31,39H,1,8-25H2,2-7H3,(H,43,44)/t27-,28+,29-,30+,31+,35-,36+,37+,38+/m0/s1. The Morgan fingerprint density at radius 2 is 1.57 bits per heavy atom. The first-order valence-corrected chi connectivity index (χ1v) is 20.6. The van der Waals surface area contributed by atoms with Gasteiger partial charge in [0.1, 0.15) is 0 Å². The Morgan fingerprint density at radius 1 is 0.872 bits per heavy atom. The van der Waals surface area contributed by atoms with Crippen LogP contribution in [-0.2, 0) is 19.4 Å². The lowest BCUT2D eigenvalue weighted by molar-refractivity contribution is -0.241. The van der Waals surface area contributed by atoms with Crippen molar-refractivity contribution in [3.8, 4) is 0 Å². The highest BCUT2D eigenvalue weighted by Crippen LogP contribution is 2.76. The van der Waals surface area contributed by atoms with Crippen molar-refractivity contribution in [3.05, 3.63) is 12.2 Å². The molecule has 1 amide bonds. The summed E-state index contributed by atoms with van der Waals surface area (Å²) in [6, 6.07) is 0. The zero-order chi connectivity index (χ0) is 34.2. The normalized spacial score (nSPS) is 44.0. The molecule has 0 radical (unpaired) electrons. The first-order chi connectivity index (χ1) is 21.9. The van der Waals surface area contributed by atoms with Crippen LogP contribution in [0.2, 0.25) is 0 Å². The molecular formula is C38H63N3O5S. The van der Waals surface area contributed by atoms with Gasteiger partial charge in [0.05, 0.1) is 11.5 Å². The van der Waals surface area contributed by atoms with Gasteiger partial charge in [-0.15, -0.1) is 0 Å². The molecule has 0 aromatic carbocycles. The fourth-order valence-corrected chi connectivity index (χ4v) is 14.8. The van der Waals surface area contributed by atoms with Crippen molar-refractivity contribution in [2.45, 2.75) is 111 Å². The SMILES string of the molecule is C=C(C)[C@@H]1CC[C@]2(CNCCCN3CCS(=O)(=O)CC3)CC[C@]3(C)[C@H](CC[C@@H]4[C@@]5(C)CCN(C(=O)C(=O)O)C(C)(C)[C@@H]5CC[C@]43C)[C@@H]12. The number of nitrogens with one attached hydrogen (secondary N) is 1. The van der Waals surface area contributed by atoms with E-state index < -0.39 is 27.3 Å². The van der Waals surface area contributed by atoms with Crippen LogP contribution in [0.4, 0.5) is 0 Å². The lowest BCUT2D eigenvalue weighted by atomic mass is 9.33. The summed E-state index contributed by atoms with van der Waals surface area (Å²) in [5.41, 5.74) is 1.72. The molecule has 6 rings (SSSR count). The highest BCUT2D eigenvalue weighted by molar-refractivity contribution is 7.91. The molecule has 6 fully saturated rings. The molecule has 8 nitrogen and oxygen atoms in total. The van der Waals surface area contributed by atoms with Gasteiger partial charge in [0, 0.05) is 31.7 Å². The van der Waals surface area contributed by atoms with E-state index in [0.717, 1.165) is 45.3 Å². The Kier molecular flexibility index (Phi) is 9.11. The number of carbonyl (C=O) groups is 2. The molecule has 9 heteroatoms. The van der Waals surface area contributed by atoms with E-state index in [4.69, 9.17) is 0 Å². The quantitative estimate of drug-likeness (QED) is 0.205. The molecule has 0 spiro atoms. The van der Waals surface area contributed by atoms with E-state index in [2.05, 4.69) is 58.3 Å². The molecule has 9 atom stereocenters. The van der Waals surface area contributed by atoms with E-state index >= 15 is 0 Å². The van der Waals surface area contributed by atoms with Gasteiger partial charge < -0.3 is 20.2 Å². The third kappa shape index (κ3) is 5.55. The number of nitrogens with zero attached hydrogens (tertiary/aromatic N) is 2. The molecule has 266 valence electrons. The van der Waals surface area contributed by atoms with Gasteiger partial charge in [-0.3, -0.25) is 4.79 Å². The zero-order valence-corrected chi connectivity index (χ0v) is 31.0. The van der Waals surface area contributed by atoms with Gasteiger partial charge in [0.25, 0.3) is 0 Å². The number of carboxylic acids is 1. The van der Waals surface area contributed by atoms with Crippen molar-refractivity contribution < 1.29 is 23.1 Å². The van der Waals surface area contributed by atoms with Gasteiger partial charge in [-0.25, -0.2) is 13.2 Å². The Bertz CT molecular complexity index is 1370. The molecule has 6 aliphatic rings. The van der Waals surface area contributed by atoms with Crippen molar-refractivity contribution in [3.63, 3.8) is 0 Å². The number of amides is 1. The number of carboxylic acid groups (broad SMARTS) is 1. The summed E-state index contributed by atoms with van der Waals surface area (Å²) in [7, 11) is -2.84. The molecule has 0 aromatic rings. The average molecular weight is 674 g/mol. The van der Waals surface area contributed by atoms with E-state index in [1.165, 1.54) is 44.1 Å². The maximum Gasteiger partial charge on any atom is 0.394 e. The second-order valence-electron chi connectivity index (χ2n) is 18.2. The first kappa shape index (κ1) is 35.4. The van der Waals surface area contributed by atoms with Crippen LogP contribution >= 0.6 is 0 Å². The Morgan fingerprint density at radius 3 is 2.23 bits per heavy atom. The molecule has 0 aromatic heterocycles. The fraction of sp³-hybridized carbons (Fsp3) is 0.895. The van der Waals surface area contributed by atoms with Gasteiger partial charge in [-0.1, -0.05) is 32.9 Å². The summed E-state index contributed by atoms with van der Waals surface area (Å²) >= 11 is 0. The molecule has 47 heavy (non-hydrogen) atoms. The summed E-state index contributed by atoms with van der Waals surface area (Å²) in [6.07, 6.45) is 11.7. The van der Waals surface area contributed by atoms with Crippen molar-refractivity contribution in [1.29, 1.82) is 0 Å². The van der Waals surface area contributed by atoms with Gasteiger partial charge >= 0.3 is 11.9 Å². The molecule has 2 N–H and O–H groups in total. The van der Waals surface area contributed by atoms with Crippen molar-refractivity contribution in [1.82, 2.24) is 15.1 Å². The highest BCUT2D eigenvalue weighted by atomic mass is 32.2. The van der Waals surface area contributed by atoms with Crippen LogP contribution in [0.15, 0.2) is 12.2 Å². The monoisotopic (exact) mass is 673 g/mol. The summed E-state index contributed by atoms with van der Waals surface area (Å²) < 4.78 is 23.7. The Hall–Kier alpha value is -1.45. The molecule has 0 unspecified atom stereocenters. The highest BCUT2D eigenvalue weighted by Gasteiger charge is 2.71. The lowest BCUT2D eigenvalue weighted by Gasteiger charge is -2.73. The Balaban J connectivity index is 1.19. The fourth-order valence-electron chi connectivity index (χ4n) is 13.5. The predicted octanol–water partition coefficient (Wildman–Crippen LogP) is 5.63. The smallest absolute Gasteiger partial charge is 0.394 e. The number of aliphatic carboxylic acids is 1. The minimum atomic E-state index is -2.84. The number of likely N-dealkylation sites (tertiary alicyclic amines) is 1. The average Bonchev–Trinajstić information content (AvgIpc) is 3.37. The van der Waals surface area contributed by atoms with E-state index in [1.807, 2.05) is 0 Å². The molecule has 2 saturated heterocycles. The predicted molar refractivity (Wildman–Crippen MR) is 187 cm³/mol. The third-order valence-electron chi connectivity index (χ3n) is 16.1. The second kappa shape index (κ2) is 12.1. The summed E-state index contributed by atoms with van der Waals surface area (Å²) in [5.74, 6) is 1.27. The molecule has 2 aliphatic heterocycles. The number of sulfone groups is 1. The topological polar surface area (TPSA) is 107 Å². The van der Waals surface area contributed by atoms with Gasteiger partial charge in [-0.05, 0) is 149 Å². The molecule has 4 aliphatic carbocycles. The van der Waals surface area contributed by atoms with Crippen LogP contribution in [0.25, 0.3) is 0 Å². The zero-order valence-electron chi connectivity index (χ0n) is 30.2. The minimum absolute atomic E-state index is 0.0812. The number of fused-ring (bicyclic) bond motifs is 7. The van der Waals surface area contributed by atoms with Crippen LogP contribution in [0.3, 0.4) is 0 Å². The van der Waals surface area contributed by atoms with Gasteiger partial charge in [-0.2, -0.15) is 0 Å². The maximum atomic E-state index is 12.8. The Labute approximate surface area is 284 Å². The van der Waals surface area contributed by atoms with Crippen molar-refractivity contribution in [2.75, 3.05) is 50.8 Å². The lowest BCUT2D eigenvalue weighted by Crippen LogP contribution is -2.70. The van der Waals surface area contributed by atoms with Crippen molar-refractivity contribution in [2.24, 2.45) is 51.2 Å². The molecule has 4 saturated carbocycles. The minimum Gasteiger partial charge on any atom is -0.474 e. The number of allylic oxidation sites excluding steroid dienone is 1. The number of hydrogen-bond donors (Lipinski definition) is 2. The molecule has 0 bridgehead atoms. The number of carbonyl (C=O) groups excluding carboxylic acids is 1. The third-order valence-corrected chi connectivity index (χ3v) is 17.7. The van der Waals surface area contributed by atoms with Crippen LogP contribution < -0.4 is 5.32 Å². The summed E-state index contributed by atoms with van der Waals surface area (Å²) in [6.45, 7) is 23.8. The number of rotatable bonds is 7. The van der Waals surface area contributed by atoms with Crippen molar-refractivity contribution >= 4 is 21.7 Å². The number of hydrogen-bond acceptors (Lipinski definition) is 6. The van der Waals surface area contributed by atoms with E-state index in [-0.39, 0.29) is 16.2 Å². The largest absolute Gasteiger partial charge is 0.474 e. The maximum absolute atomic E-state index is 12.8. The second-order valence-corrected chi connectivity index (χ2v) is 20.5. The number of piperidine rings is 1. The van der Waals surface area contributed by atoms with Gasteiger partial charge in [0.2, 0.25) is 0 Å². The van der Waals surface area contributed by atoms with E-state index in [0.29, 0.717) is 66.1 Å². The summed E-state index contributed by atoms with van der Waals surface area (Å²) in [5, 5.41) is 13.5. The van der Waals surface area contributed by atoms with Crippen LogP contribution in [0.1, 0.15) is 106 Å². The first-order valence-electron chi connectivity index (χ1n) is 18.8. The van der Waals surface area contributed by atoms with Gasteiger partial charge in [0.15, 0.2) is 9.84 Å². The summed E-state index contributed by atoms with van der Waals surface area (Å²) in [4.78, 5) is 28.5. The molecule has 2 heterocycles. The van der Waals surface area contributed by atoms with E-state index in [1.54, 1.807) is 4.90 Å².